The summed E-state index contributed by atoms with van der Waals surface area (Å²) in [5, 5.41) is 9.04. The number of rotatable bonds is 2. The van der Waals surface area contributed by atoms with Gasteiger partial charge in [0, 0.05) is 5.56 Å². The molecular weight excluding hydrogens is 216 g/mol. The molecule has 4 nitrogen and oxygen atoms in total. The van der Waals surface area contributed by atoms with E-state index < -0.39 is 5.97 Å². The molecular formula is C13H12N2O2. The number of imidazole rings is 1. The maximum absolute atomic E-state index is 11.0. The van der Waals surface area contributed by atoms with Gasteiger partial charge in [-0.15, -0.1) is 0 Å². The molecule has 1 aliphatic carbocycles. The first kappa shape index (κ1) is 10.1. The molecule has 1 heterocycles. The van der Waals surface area contributed by atoms with Gasteiger partial charge >= 0.3 is 5.97 Å². The number of carbonyl (C=O) groups is 1. The normalized spacial score (nSPS) is 13.6. The topological polar surface area (TPSA) is 66.0 Å². The molecule has 2 aromatic rings. The Morgan fingerprint density at radius 1 is 1.29 bits per heavy atom. The Labute approximate surface area is 98.3 Å². The molecule has 0 unspecified atom stereocenters. The lowest BCUT2D eigenvalue weighted by atomic mass is 10.0. The lowest BCUT2D eigenvalue weighted by Crippen LogP contribution is -1.99. The van der Waals surface area contributed by atoms with Crippen molar-refractivity contribution in [2.75, 3.05) is 0 Å². The van der Waals surface area contributed by atoms with Gasteiger partial charge in [-0.1, -0.05) is 12.1 Å². The number of aromatic amines is 1. The number of carboxylic acid groups (broad SMARTS) is 1. The number of carboxylic acids is 1. The van der Waals surface area contributed by atoms with E-state index in [0.717, 1.165) is 18.4 Å². The third-order valence-electron chi connectivity index (χ3n) is 3.23. The van der Waals surface area contributed by atoms with E-state index in [0.29, 0.717) is 5.69 Å². The number of fused-ring (bicyclic) bond motifs is 1. The number of hydrogen-bond donors (Lipinski definition) is 2. The van der Waals surface area contributed by atoms with Gasteiger partial charge in [0.1, 0.15) is 5.69 Å². The molecule has 3 rings (SSSR count). The average molecular weight is 228 g/mol. The number of aromatic nitrogens is 2. The summed E-state index contributed by atoms with van der Waals surface area (Å²) in [4.78, 5) is 17.8. The summed E-state index contributed by atoms with van der Waals surface area (Å²) in [7, 11) is 0. The molecule has 2 N–H and O–H groups in total. The first-order chi connectivity index (χ1) is 8.25. The lowest BCUT2D eigenvalue weighted by Gasteiger charge is -2.03. The number of H-pyrrole nitrogens is 1. The van der Waals surface area contributed by atoms with Gasteiger partial charge < -0.3 is 10.1 Å². The Balaban J connectivity index is 2.09. The molecule has 4 heteroatoms. The Kier molecular flexibility index (Phi) is 2.21. The Morgan fingerprint density at radius 2 is 2.12 bits per heavy atom. The molecule has 0 saturated carbocycles. The molecule has 0 fully saturated rings. The van der Waals surface area contributed by atoms with Gasteiger partial charge in [-0.05, 0) is 36.5 Å². The summed E-state index contributed by atoms with van der Waals surface area (Å²) in [6, 6.07) is 6.09. The first-order valence-corrected chi connectivity index (χ1v) is 5.64. The number of aryl methyl sites for hydroxylation is 2. The van der Waals surface area contributed by atoms with Gasteiger partial charge in [0.05, 0.1) is 6.33 Å². The minimum Gasteiger partial charge on any atom is -0.477 e. The molecule has 17 heavy (non-hydrogen) atoms. The van der Waals surface area contributed by atoms with Crippen LogP contribution in [-0.4, -0.2) is 21.0 Å². The molecule has 1 aromatic heterocycles. The minimum atomic E-state index is -0.974. The zero-order valence-electron chi connectivity index (χ0n) is 9.23. The molecule has 0 spiro atoms. The first-order valence-electron chi connectivity index (χ1n) is 5.64. The van der Waals surface area contributed by atoms with E-state index >= 15 is 0 Å². The van der Waals surface area contributed by atoms with Crippen molar-refractivity contribution in [1.29, 1.82) is 0 Å². The summed E-state index contributed by atoms with van der Waals surface area (Å²) >= 11 is 0. The van der Waals surface area contributed by atoms with Crippen LogP contribution in [0.3, 0.4) is 0 Å². The van der Waals surface area contributed by atoms with E-state index in [-0.39, 0.29) is 5.69 Å². The number of hydrogen-bond acceptors (Lipinski definition) is 2. The van der Waals surface area contributed by atoms with Gasteiger partial charge in [0.25, 0.3) is 0 Å². The second-order valence-corrected chi connectivity index (χ2v) is 4.27. The second-order valence-electron chi connectivity index (χ2n) is 4.27. The molecule has 0 aliphatic heterocycles. The highest BCUT2D eigenvalue weighted by atomic mass is 16.4. The van der Waals surface area contributed by atoms with Crippen molar-refractivity contribution in [3.63, 3.8) is 0 Å². The molecule has 0 amide bonds. The van der Waals surface area contributed by atoms with Gasteiger partial charge in [0.15, 0.2) is 5.69 Å². The largest absolute Gasteiger partial charge is 0.477 e. The van der Waals surface area contributed by atoms with E-state index in [4.69, 9.17) is 5.11 Å². The highest BCUT2D eigenvalue weighted by molar-refractivity contribution is 5.92. The van der Waals surface area contributed by atoms with Crippen LogP contribution in [0.5, 0.6) is 0 Å². The number of benzene rings is 1. The number of aromatic carboxylic acids is 1. The molecule has 1 aliphatic rings. The van der Waals surface area contributed by atoms with Crippen LogP contribution in [0.4, 0.5) is 0 Å². The highest BCUT2D eigenvalue weighted by Gasteiger charge is 2.17. The fraction of sp³-hybridized carbons (Fsp3) is 0.231. The van der Waals surface area contributed by atoms with Crippen molar-refractivity contribution >= 4 is 5.97 Å². The molecule has 0 bridgehead atoms. The van der Waals surface area contributed by atoms with E-state index in [9.17, 15) is 4.79 Å². The maximum Gasteiger partial charge on any atom is 0.354 e. The lowest BCUT2D eigenvalue weighted by molar-refractivity contribution is 0.0692. The molecule has 0 atom stereocenters. The van der Waals surface area contributed by atoms with Crippen LogP contribution >= 0.6 is 0 Å². The summed E-state index contributed by atoms with van der Waals surface area (Å²) in [5.41, 5.74) is 4.25. The van der Waals surface area contributed by atoms with Crippen molar-refractivity contribution in [1.82, 2.24) is 9.97 Å². The van der Waals surface area contributed by atoms with E-state index in [2.05, 4.69) is 22.1 Å². The summed E-state index contributed by atoms with van der Waals surface area (Å²) in [6.45, 7) is 0. The Hall–Kier alpha value is -2.10. The van der Waals surface area contributed by atoms with E-state index in [1.807, 2.05) is 6.07 Å². The monoisotopic (exact) mass is 228 g/mol. The van der Waals surface area contributed by atoms with Crippen LogP contribution in [0.15, 0.2) is 24.5 Å². The Bertz CT molecular complexity index is 587. The predicted octanol–water partition coefficient (Wildman–Crippen LogP) is 2.26. The molecule has 0 saturated heterocycles. The van der Waals surface area contributed by atoms with Crippen LogP contribution < -0.4 is 0 Å². The summed E-state index contributed by atoms with van der Waals surface area (Å²) in [6.07, 6.45) is 4.81. The second kappa shape index (κ2) is 3.73. The van der Waals surface area contributed by atoms with Crippen LogP contribution in [-0.2, 0) is 12.8 Å². The molecule has 86 valence electrons. The van der Waals surface area contributed by atoms with Crippen LogP contribution in [0.2, 0.25) is 0 Å². The van der Waals surface area contributed by atoms with Crippen LogP contribution in [0.1, 0.15) is 28.0 Å². The molecule has 0 radical (unpaired) electrons. The number of nitrogens with one attached hydrogen (secondary N) is 1. The fourth-order valence-electron chi connectivity index (χ4n) is 2.40. The quantitative estimate of drug-likeness (QED) is 0.828. The van der Waals surface area contributed by atoms with Crippen molar-refractivity contribution in [3.8, 4) is 11.3 Å². The molecule has 1 aromatic carbocycles. The maximum atomic E-state index is 11.0. The summed E-state index contributed by atoms with van der Waals surface area (Å²) < 4.78 is 0. The van der Waals surface area contributed by atoms with Crippen molar-refractivity contribution in [2.45, 2.75) is 19.3 Å². The number of nitrogens with zero attached hydrogens (tertiary/aromatic N) is 1. The highest BCUT2D eigenvalue weighted by Crippen LogP contribution is 2.28. The van der Waals surface area contributed by atoms with Gasteiger partial charge in [-0.3, -0.25) is 0 Å². The minimum absolute atomic E-state index is 0.156. The zero-order valence-corrected chi connectivity index (χ0v) is 9.23. The van der Waals surface area contributed by atoms with Crippen LogP contribution in [0, 0.1) is 0 Å². The van der Waals surface area contributed by atoms with Gasteiger partial charge in [-0.2, -0.15) is 0 Å². The standard InChI is InChI=1S/C13H12N2O2/c16-13(17)12-11(14-7-15-12)10-5-4-8-2-1-3-9(8)6-10/h4-7H,1-3H2,(H,14,15)(H,16,17). The Morgan fingerprint density at radius 3 is 2.94 bits per heavy atom. The van der Waals surface area contributed by atoms with Crippen molar-refractivity contribution < 1.29 is 9.90 Å². The third kappa shape index (κ3) is 1.62. The van der Waals surface area contributed by atoms with E-state index in [1.165, 1.54) is 23.9 Å². The smallest absolute Gasteiger partial charge is 0.354 e. The van der Waals surface area contributed by atoms with Crippen molar-refractivity contribution in [2.24, 2.45) is 0 Å². The van der Waals surface area contributed by atoms with Gasteiger partial charge in [-0.25, -0.2) is 9.78 Å². The van der Waals surface area contributed by atoms with E-state index in [1.54, 1.807) is 0 Å². The van der Waals surface area contributed by atoms with Crippen LogP contribution in [0.25, 0.3) is 11.3 Å². The predicted molar refractivity (Wildman–Crippen MR) is 63.0 cm³/mol. The average Bonchev–Trinajstić information content (AvgIpc) is 2.96. The van der Waals surface area contributed by atoms with Crippen molar-refractivity contribution in [3.05, 3.63) is 41.3 Å². The van der Waals surface area contributed by atoms with Gasteiger partial charge in [0.2, 0.25) is 0 Å². The SMILES string of the molecule is O=C(O)c1[nH]cnc1-c1ccc2c(c1)CCC2. The fourth-order valence-corrected chi connectivity index (χ4v) is 2.40. The summed E-state index contributed by atoms with van der Waals surface area (Å²) in [5.74, 6) is -0.974. The zero-order chi connectivity index (χ0) is 11.8. The third-order valence-corrected chi connectivity index (χ3v) is 3.23.